The van der Waals surface area contributed by atoms with E-state index in [-0.39, 0.29) is 0 Å². The maximum atomic E-state index is 2.46. The molecule has 0 aliphatic carbocycles. The number of fused-ring (bicyclic) bond motifs is 1. The Kier molecular flexibility index (Phi) is 3.87. The van der Waals surface area contributed by atoms with E-state index >= 15 is 0 Å². The van der Waals surface area contributed by atoms with E-state index in [2.05, 4.69) is 55.3 Å². The number of rotatable bonds is 3. The summed E-state index contributed by atoms with van der Waals surface area (Å²) < 4.78 is 0. The Morgan fingerprint density at radius 1 is 1.50 bits per heavy atom. The van der Waals surface area contributed by atoms with Crippen molar-refractivity contribution in [3.05, 3.63) is 35.2 Å². The summed E-state index contributed by atoms with van der Waals surface area (Å²) in [6.45, 7) is 5.47. The van der Waals surface area contributed by atoms with E-state index in [0.29, 0.717) is 5.37 Å². The van der Waals surface area contributed by atoms with Gasteiger partial charge in [-0.15, -0.1) is 11.8 Å². The third-order valence-electron chi connectivity index (χ3n) is 2.77. The Morgan fingerprint density at radius 3 is 2.94 bits per heavy atom. The molecule has 1 atom stereocenters. The lowest BCUT2D eigenvalue weighted by Gasteiger charge is -2.22. The van der Waals surface area contributed by atoms with Crippen molar-refractivity contribution < 1.29 is 0 Å². The topological polar surface area (TPSA) is 3.24 Å². The monoisotopic (exact) mass is 251 g/mol. The first-order valence-corrected chi connectivity index (χ1v) is 7.61. The number of benzene rings is 1. The number of likely N-dealkylation sites (N-methyl/N-ethyl adjacent to an activating group) is 1. The van der Waals surface area contributed by atoms with E-state index in [1.165, 1.54) is 15.5 Å². The highest BCUT2D eigenvalue weighted by atomic mass is 32.2. The summed E-state index contributed by atoms with van der Waals surface area (Å²) in [5, 5.41) is 0.467. The number of thioether (sulfide) groups is 2. The van der Waals surface area contributed by atoms with E-state index in [0.717, 1.165) is 6.54 Å². The van der Waals surface area contributed by atoms with Crippen LogP contribution in [0.15, 0.2) is 40.1 Å². The van der Waals surface area contributed by atoms with Gasteiger partial charge in [-0.25, -0.2) is 0 Å². The third kappa shape index (κ3) is 2.25. The molecule has 0 fully saturated rings. The quantitative estimate of drug-likeness (QED) is 0.792. The van der Waals surface area contributed by atoms with Gasteiger partial charge < -0.3 is 4.90 Å². The molecule has 2 rings (SSSR count). The number of allylic oxidation sites excluding steroid dienone is 1. The minimum atomic E-state index is 0.467. The van der Waals surface area contributed by atoms with Crippen molar-refractivity contribution in [3.63, 3.8) is 0 Å². The molecule has 0 spiro atoms. The molecule has 16 heavy (non-hydrogen) atoms. The zero-order chi connectivity index (χ0) is 11.5. The van der Waals surface area contributed by atoms with Gasteiger partial charge in [0.1, 0.15) is 0 Å². The second-order valence-electron chi connectivity index (χ2n) is 3.74. The molecule has 0 radical (unpaired) electrons. The van der Waals surface area contributed by atoms with Crippen LogP contribution in [0.2, 0.25) is 0 Å². The Morgan fingerprint density at radius 2 is 2.25 bits per heavy atom. The average Bonchev–Trinajstić information content (AvgIpc) is 2.65. The zero-order valence-corrected chi connectivity index (χ0v) is 11.6. The molecule has 1 nitrogen and oxygen atoms in total. The molecule has 1 unspecified atom stereocenters. The van der Waals surface area contributed by atoms with E-state index in [1.54, 1.807) is 0 Å². The second-order valence-corrected chi connectivity index (χ2v) is 5.95. The highest BCUT2D eigenvalue weighted by molar-refractivity contribution is 8.02. The summed E-state index contributed by atoms with van der Waals surface area (Å²) >= 11 is 3.77. The molecule has 0 N–H and O–H groups in total. The maximum Gasteiger partial charge on any atom is 0.0993 e. The third-order valence-corrected chi connectivity index (χ3v) is 4.78. The van der Waals surface area contributed by atoms with E-state index in [1.807, 2.05) is 23.5 Å². The lowest BCUT2D eigenvalue weighted by Crippen LogP contribution is -2.27. The molecule has 1 aliphatic heterocycles. The van der Waals surface area contributed by atoms with E-state index in [9.17, 15) is 0 Å². The molecule has 1 aliphatic rings. The molecule has 0 saturated heterocycles. The molecule has 86 valence electrons. The molecule has 1 aromatic rings. The highest BCUT2D eigenvalue weighted by Crippen LogP contribution is 2.44. The Hall–Kier alpha value is -0.540. The Labute approximate surface area is 106 Å². The van der Waals surface area contributed by atoms with Gasteiger partial charge in [0.05, 0.1) is 11.1 Å². The van der Waals surface area contributed by atoms with Crippen LogP contribution in [-0.4, -0.2) is 18.2 Å². The van der Waals surface area contributed by atoms with Crippen molar-refractivity contribution in [2.24, 2.45) is 0 Å². The number of para-hydroxylation sites is 1. The minimum absolute atomic E-state index is 0.467. The Balaban J connectivity index is 2.27. The molecule has 0 bridgehead atoms. The van der Waals surface area contributed by atoms with Crippen LogP contribution in [0, 0.1) is 0 Å². The molecule has 0 saturated carbocycles. The van der Waals surface area contributed by atoms with Gasteiger partial charge in [-0.05, 0) is 43.2 Å². The summed E-state index contributed by atoms with van der Waals surface area (Å²) in [4.78, 5) is 5.25. The summed E-state index contributed by atoms with van der Waals surface area (Å²) in [5.41, 5.74) is 1.38. The van der Waals surface area contributed by atoms with E-state index in [4.69, 9.17) is 0 Å². The smallest absolute Gasteiger partial charge is 0.0993 e. The summed E-state index contributed by atoms with van der Waals surface area (Å²) in [5.74, 6) is 0. The summed E-state index contributed by atoms with van der Waals surface area (Å²) in [7, 11) is 0. The predicted octanol–water partition coefficient (Wildman–Crippen LogP) is 4.21. The van der Waals surface area contributed by atoms with Gasteiger partial charge in [-0.3, -0.25) is 0 Å². The van der Waals surface area contributed by atoms with Crippen LogP contribution < -0.4 is 4.90 Å². The highest BCUT2D eigenvalue weighted by Gasteiger charge is 2.26. The molecule has 1 heterocycles. The predicted molar refractivity (Wildman–Crippen MR) is 76.4 cm³/mol. The van der Waals surface area contributed by atoms with Gasteiger partial charge in [-0.2, -0.15) is 0 Å². The van der Waals surface area contributed by atoms with E-state index < -0.39 is 0 Å². The molecule has 1 aromatic carbocycles. The summed E-state index contributed by atoms with van der Waals surface area (Å²) in [6, 6.07) is 8.67. The number of nitrogens with zero attached hydrogens (tertiary/aromatic N) is 1. The standard InChI is InChI=1S/C13H17NS2/c1-4-14-11-7-5-6-8-12(11)16-13(14)9-10(2)15-3/h5-9,13H,4H2,1-3H3/b10-9-. The number of hydrogen-bond donors (Lipinski definition) is 0. The SMILES string of the molecule is CCN1c2ccccc2SC1/C=C(/C)SC. The van der Waals surface area contributed by atoms with Crippen LogP contribution >= 0.6 is 23.5 Å². The molecule has 0 aromatic heterocycles. The average molecular weight is 251 g/mol. The molecule has 0 amide bonds. The van der Waals surface area contributed by atoms with Crippen LogP contribution in [0.25, 0.3) is 0 Å². The van der Waals surface area contributed by atoms with Crippen molar-refractivity contribution in [1.82, 2.24) is 0 Å². The first kappa shape index (κ1) is 11.9. The lowest BCUT2D eigenvalue weighted by molar-refractivity contribution is 0.876. The molecular weight excluding hydrogens is 234 g/mol. The van der Waals surface area contributed by atoms with Crippen molar-refractivity contribution in [1.29, 1.82) is 0 Å². The van der Waals surface area contributed by atoms with Gasteiger partial charge in [0, 0.05) is 11.4 Å². The number of hydrogen-bond acceptors (Lipinski definition) is 3. The minimum Gasteiger partial charge on any atom is -0.355 e. The van der Waals surface area contributed by atoms with Crippen LogP contribution in [0.1, 0.15) is 13.8 Å². The maximum absolute atomic E-state index is 2.46. The molecular formula is C13H17NS2. The van der Waals surface area contributed by atoms with Crippen molar-refractivity contribution in [2.75, 3.05) is 17.7 Å². The Bertz CT molecular complexity index is 401. The first-order chi connectivity index (χ1) is 7.76. The molecule has 3 heteroatoms. The zero-order valence-electron chi connectivity index (χ0n) is 9.93. The fourth-order valence-corrected chi connectivity index (χ4v) is 3.60. The van der Waals surface area contributed by atoms with Crippen LogP contribution in [-0.2, 0) is 0 Å². The van der Waals surface area contributed by atoms with Gasteiger partial charge in [0.25, 0.3) is 0 Å². The van der Waals surface area contributed by atoms with Crippen molar-refractivity contribution in [2.45, 2.75) is 24.1 Å². The normalized spacial score (nSPS) is 20.1. The first-order valence-electron chi connectivity index (χ1n) is 5.51. The van der Waals surface area contributed by atoms with Crippen LogP contribution in [0.3, 0.4) is 0 Å². The van der Waals surface area contributed by atoms with Gasteiger partial charge in [0.2, 0.25) is 0 Å². The lowest BCUT2D eigenvalue weighted by atomic mass is 10.3. The second kappa shape index (κ2) is 5.19. The van der Waals surface area contributed by atoms with Crippen LogP contribution in [0.5, 0.6) is 0 Å². The largest absolute Gasteiger partial charge is 0.355 e. The number of anilines is 1. The summed E-state index contributed by atoms with van der Waals surface area (Å²) in [6.07, 6.45) is 4.49. The fraction of sp³-hybridized carbons (Fsp3) is 0.385. The van der Waals surface area contributed by atoms with Crippen molar-refractivity contribution in [3.8, 4) is 0 Å². The van der Waals surface area contributed by atoms with Gasteiger partial charge in [-0.1, -0.05) is 23.9 Å². The van der Waals surface area contributed by atoms with Gasteiger partial charge >= 0.3 is 0 Å². The van der Waals surface area contributed by atoms with Crippen molar-refractivity contribution >= 4 is 29.2 Å². The fourth-order valence-electron chi connectivity index (χ4n) is 1.87. The van der Waals surface area contributed by atoms with Gasteiger partial charge in [0.15, 0.2) is 0 Å². The van der Waals surface area contributed by atoms with Crippen LogP contribution in [0.4, 0.5) is 5.69 Å².